The lowest BCUT2D eigenvalue weighted by atomic mass is 10.1. The van der Waals surface area contributed by atoms with E-state index in [9.17, 15) is 4.79 Å². The minimum atomic E-state index is -0.0620. The second kappa shape index (κ2) is 4.64. The van der Waals surface area contributed by atoms with Gasteiger partial charge in [0.05, 0.1) is 5.88 Å². The van der Waals surface area contributed by atoms with Gasteiger partial charge in [0.1, 0.15) is 0 Å². The summed E-state index contributed by atoms with van der Waals surface area (Å²) in [4.78, 5) is 11.2. The molecule has 13 heavy (non-hydrogen) atoms. The molecule has 1 aromatic carbocycles. The highest BCUT2D eigenvalue weighted by molar-refractivity contribution is 6.32. The molecule has 0 unspecified atom stereocenters. The number of halogens is 2. The zero-order chi connectivity index (χ0) is 9.84. The number of carbonyl (C=O) groups is 1. The van der Waals surface area contributed by atoms with Crippen molar-refractivity contribution in [2.75, 3.05) is 5.88 Å². The number of benzene rings is 1. The summed E-state index contributed by atoms with van der Waals surface area (Å²) in [6.07, 6.45) is 0.822. The van der Waals surface area contributed by atoms with Crippen LogP contribution in [0.25, 0.3) is 0 Å². The van der Waals surface area contributed by atoms with Crippen LogP contribution in [0.4, 0.5) is 0 Å². The van der Waals surface area contributed by atoms with Gasteiger partial charge in [0, 0.05) is 10.6 Å². The van der Waals surface area contributed by atoms with E-state index in [-0.39, 0.29) is 11.7 Å². The highest BCUT2D eigenvalue weighted by atomic mass is 35.5. The van der Waals surface area contributed by atoms with Gasteiger partial charge in [-0.1, -0.05) is 18.5 Å². The van der Waals surface area contributed by atoms with Crippen LogP contribution in [-0.4, -0.2) is 11.7 Å². The molecule has 0 radical (unpaired) electrons. The monoisotopic (exact) mass is 216 g/mol. The van der Waals surface area contributed by atoms with E-state index in [0.717, 1.165) is 12.0 Å². The number of alkyl halides is 1. The first-order chi connectivity index (χ1) is 6.19. The molecule has 0 aliphatic rings. The molecule has 0 heterocycles. The van der Waals surface area contributed by atoms with E-state index in [4.69, 9.17) is 23.2 Å². The van der Waals surface area contributed by atoms with Crippen LogP contribution in [0.5, 0.6) is 0 Å². The molecule has 0 saturated heterocycles. The lowest BCUT2D eigenvalue weighted by Gasteiger charge is -2.03. The summed E-state index contributed by atoms with van der Waals surface area (Å²) < 4.78 is 0. The Kier molecular flexibility index (Phi) is 3.76. The van der Waals surface area contributed by atoms with Crippen molar-refractivity contribution >= 4 is 29.0 Å². The van der Waals surface area contributed by atoms with Gasteiger partial charge >= 0.3 is 0 Å². The molecule has 0 spiro atoms. The van der Waals surface area contributed by atoms with Crippen LogP contribution < -0.4 is 0 Å². The van der Waals surface area contributed by atoms with Gasteiger partial charge < -0.3 is 0 Å². The average Bonchev–Trinajstić information content (AvgIpc) is 2.17. The fourth-order valence-corrected chi connectivity index (χ4v) is 1.50. The van der Waals surface area contributed by atoms with Crippen molar-refractivity contribution in [3.63, 3.8) is 0 Å². The summed E-state index contributed by atoms with van der Waals surface area (Å²) in [5.74, 6) is -0.0434. The third kappa shape index (κ3) is 2.45. The number of rotatable bonds is 3. The standard InChI is InChI=1S/C10H10Cl2O/c1-2-7-5-8(10(13)6-11)3-4-9(7)12/h3-5H,2,6H2,1H3. The summed E-state index contributed by atoms with van der Waals surface area (Å²) in [7, 11) is 0. The van der Waals surface area contributed by atoms with Crippen LogP contribution in [0, 0.1) is 0 Å². The maximum Gasteiger partial charge on any atom is 0.177 e. The summed E-state index contributed by atoms with van der Waals surface area (Å²) in [6, 6.07) is 5.24. The third-order valence-corrected chi connectivity index (χ3v) is 2.48. The van der Waals surface area contributed by atoms with E-state index < -0.39 is 0 Å². The minimum absolute atomic E-state index is 0.0186. The van der Waals surface area contributed by atoms with E-state index in [1.807, 2.05) is 6.92 Å². The molecule has 0 saturated carbocycles. The molecule has 1 aromatic rings. The molecule has 0 aliphatic heterocycles. The van der Waals surface area contributed by atoms with Crippen molar-refractivity contribution < 1.29 is 4.79 Å². The second-order valence-electron chi connectivity index (χ2n) is 2.72. The van der Waals surface area contributed by atoms with Crippen LogP contribution in [0.3, 0.4) is 0 Å². The van der Waals surface area contributed by atoms with Crippen LogP contribution >= 0.6 is 23.2 Å². The van der Waals surface area contributed by atoms with Gasteiger partial charge in [-0.3, -0.25) is 4.79 Å². The fraction of sp³-hybridized carbons (Fsp3) is 0.300. The maximum absolute atomic E-state index is 11.2. The highest BCUT2D eigenvalue weighted by Crippen LogP contribution is 2.18. The first-order valence-electron chi connectivity index (χ1n) is 4.06. The Labute approximate surface area is 87.7 Å². The predicted octanol–water partition coefficient (Wildman–Crippen LogP) is 3.32. The number of carbonyl (C=O) groups excluding carboxylic acids is 1. The number of ketones is 1. The van der Waals surface area contributed by atoms with Gasteiger partial charge in [0.2, 0.25) is 0 Å². The number of hydrogen-bond donors (Lipinski definition) is 0. The topological polar surface area (TPSA) is 17.1 Å². The van der Waals surface area contributed by atoms with Gasteiger partial charge in [0.25, 0.3) is 0 Å². The fourth-order valence-electron chi connectivity index (χ4n) is 1.10. The first kappa shape index (κ1) is 10.6. The van der Waals surface area contributed by atoms with Crippen molar-refractivity contribution in [3.8, 4) is 0 Å². The predicted molar refractivity (Wildman–Crippen MR) is 55.9 cm³/mol. The first-order valence-corrected chi connectivity index (χ1v) is 4.98. The number of Topliss-reactive ketones (excluding diaryl/α,β-unsaturated/α-hetero) is 1. The van der Waals surface area contributed by atoms with Crippen molar-refractivity contribution in [1.29, 1.82) is 0 Å². The summed E-state index contributed by atoms with van der Waals surface area (Å²) >= 11 is 11.3. The lowest BCUT2D eigenvalue weighted by molar-refractivity contribution is 0.102. The Hall–Kier alpha value is -0.530. The SMILES string of the molecule is CCc1cc(C(=O)CCl)ccc1Cl. The minimum Gasteiger partial charge on any atom is -0.293 e. The quantitative estimate of drug-likeness (QED) is 0.560. The van der Waals surface area contributed by atoms with Gasteiger partial charge in [-0.15, -0.1) is 11.6 Å². The molecular formula is C10H10Cl2O. The number of hydrogen-bond acceptors (Lipinski definition) is 1. The Morgan fingerprint density at radius 1 is 1.46 bits per heavy atom. The average molecular weight is 217 g/mol. The molecule has 1 rings (SSSR count). The highest BCUT2D eigenvalue weighted by Gasteiger charge is 2.06. The largest absolute Gasteiger partial charge is 0.293 e. The Bertz CT molecular complexity index is 321. The summed E-state index contributed by atoms with van der Waals surface area (Å²) in [6.45, 7) is 2.00. The molecule has 0 atom stereocenters. The van der Waals surface area contributed by atoms with Gasteiger partial charge in [0.15, 0.2) is 5.78 Å². The molecule has 0 aromatic heterocycles. The normalized spacial score (nSPS) is 10.1. The molecule has 3 heteroatoms. The van der Waals surface area contributed by atoms with E-state index in [0.29, 0.717) is 10.6 Å². The van der Waals surface area contributed by atoms with Gasteiger partial charge in [-0.2, -0.15) is 0 Å². The lowest BCUT2D eigenvalue weighted by Crippen LogP contribution is -2.00. The van der Waals surface area contributed by atoms with Crippen LogP contribution in [0.1, 0.15) is 22.8 Å². The maximum atomic E-state index is 11.2. The van der Waals surface area contributed by atoms with Crippen LogP contribution in [0.2, 0.25) is 5.02 Å². The van der Waals surface area contributed by atoms with E-state index in [2.05, 4.69) is 0 Å². The Balaban J connectivity index is 3.06. The summed E-state index contributed by atoms with van der Waals surface area (Å²) in [5, 5.41) is 0.702. The molecule has 0 amide bonds. The van der Waals surface area contributed by atoms with Crippen molar-refractivity contribution in [2.24, 2.45) is 0 Å². The molecule has 0 N–H and O–H groups in total. The molecule has 1 nitrogen and oxygen atoms in total. The Morgan fingerprint density at radius 2 is 2.15 bits per heavy atom. The molecule has 0 bridgehead atoms. The van der Waals surface area contributed by atoms with Crippen LogP contribution in [0.15, 0.2) is 18.2 Å². The molecule has 70 valence electrons. The second-order valence-corrected chi connectivity index (χ2v) is 3.39. The van der Waals surface area contributed by atoms with Crippen molar-refractivity contribution in [2.45, 2.75) is 13.3 Å². The van der Waals surface area contributed by atoms with E-state index in [1.54, 1.807) is 18.2 Å². The van der Waals surface area contributed by atoms with E-state index in [1.165, 1.54) is 0 Å². The molecule has 0 fully saturated rings. The number of aryl methyl sites for hydroxylation is 1. The van der Waals surface area contributed by atoms with E-state index >= 15 is 0 Å². The molecular weight excluding hydrogens is 207 g/mol. The zero-order valence-corrected chi connectivity index (χ0v) is 8.82. The van der Waals surface area contributed by atoms with Crippen LogP contribution in [-0.2, 0) is 6.42 Å². The zero-order valence-electron chi connectivity index (χ0n) is 7.31. The van der Waals surface area contributed by atoms with Gasteiger partial charge in [-0.25, -0.2) is 0 Å². The van der Waals surface area contributed by atoms with Crippen molar-refractivity contribution in [3.05, 3.63) is 34.3 Å². The van der Waals surface area contributed by atoms with Gasteiger partial charge in [-0.05, 0) is 30.2 Å². The van der Waals surface area contributed by atoms with Crippen molar-refractivity contribution in [1.82, 2.24) is 0 Å². The smallest absolute Gasteiger partial charge is 0.177 e. The third-order valence-electron chi connectivity index (χ3n) is 1.87. The summed E-state index contributed by atoms with van der Waals surface area (Å²) in [5.41, 5.74) is 1.62. The Morgan fingerprint density at radius 3 is 2.69 bits per heavy atom. The molecule has 0 aliphatic carbocycles.